The van der Waals surface area contributed by atoms with E-state index in [0.717, 1.165) is 26.7 Å². The standard InChI is InChI=1S/C22H21N5O3.C16H17N5O3/c1-25-20-19(21(29)26(2)22(25)30)27(14-23-20)13-18(28)24-17-10-8-16(9-11-17)12-15-6-4-3-5-7-15;1-10-4-6-11(7-5-10)18-12(22)8-21-9-17-14-13(21)15(23)20(3)16(24)19(14)2/h3-11,14H,12-13H2,1-2H3,(H,24,28);4-7,9H,8H2,1-3H3,(H,18,22). The van der Waals surface area contributed by atoms with Gasteiger partial charge in [-0.15, -0.1) is 0 Å². The minimum atomic E-state index is -0.483. The number of aromatic nitrogens is 8. The number of imidazole rings is 2. The van der Waals surface area contributed by atoms with Crippen LogP contribution in [-0.2, 0) is 57.3 Å². The van der Waals surface area contributed by atoms with Gasteiger partial charge < -0.3 is 19.8 Å². The number of carbonyl (C=O) groups excluding carboxylic acids is 2. The smallest absolute Gasteiger partial charge is 0.325 e. The Morgan fingerprint density at radius 1 is 0.556 bits per heavy atom. The number of anilines is 2. The van der Waals surface area contributed by atoms with Crippen molar-refractivity contribution in [3.05, 3.63) is 150 Å². The second-order valence-electron chi connectivity index (χ2n) is 12.8. The predicted octanol–water partition coefficient (Wildman–Crippen LogP) is 2.04. The van der Waals surface area contributed by atoms with Crippen molar-refractivity contribution >= 4 is 45.5 Å². The van der Waals surface area contributed by atoms with Crippen LogP contribution in [0.3, 0.4) is 0 Å². The molecule has 2 amide bonds. The highest BCUT2D eigenvalue weighted by molar-refractivity contribution is 5.92. The number of aryl methyl sites for hydroxylation is 3. The van der Waals surface area contributed by atoms with Crippen LogP contribution in [0.15, 0.2) is 111 Å². The van der Waals surface area contributed by atoms with Crippen molar-refractivity contribution < 1.29 is 9.59 Å². The summed E-state index contributed by atoms with van der Waals surface area (Å²) in [6.45, 7) is 1.80. The van der Waals surface area contributed by atoms with Crippen molar-refractivity contribution in [2.75, 3.05) is 10.6 Å². The Morgan fingerprint density at radius 2 is 0.963 bits per heavy atom. The number of carbonyl (C=O) groups is 2. The van der Waals surface area contributed by atoms with E-state index in [1.165, 1.54) is 57.6 Å². The minimum absolute atomic E-state index is 0.0716. The number of nitrogens with zero attached hydrogens (tertiary/aromatic N) is 8. The monoisotopic (exact) mass is 730 g/mol. The Hall–Kier alpha value is -7.10. The number of amides is 2. The molecule has 0 aliphatic rings. The molecular weight excluding hydrogens is 692 g/mol. The molecule has 0 spiro atoms. The fraction of sp³-hybridized carbons (Fsp3) is 0.211. The van der Waals surface area contributed by atoms with E-state index >= 15 is 0 Å². The predicted molar refractivity (Wildman–Crippen MR) is 205 cm³/mol. The molecule has 16 nitrogen and oxygen atoms in total. The second kappa shape index (κ2) is 15.2. The lowest BCUT2D eigenvalue weighted by Crippen LogP contribution is -2.37. The first kappa shape index (κ1) is 36.7. The molecule has 7 rings (SSSR count). The van der Waals surface area contributed by atoms with Crippen LogP contribution in [0.4, 0.5) is 11.4 Å². The second-order valence-corrected chi connectivity index (χ2v) is 12.8. The van der Waals surface area contributed by atoms with Crippen molar-refractivity contribution in [1.29, 1.82) is 0 Å². The summed E-state index contributed by atoms with van der Waals surface area (Å²) in [6.07, 6.45) is 3.60. The Labute approximate surface area is 307 Å². The molecule has 0 bridgehead atoms. The first-order valence-corrected chi connectivity index (χ1v) is 16.8. The zero-order chi connectivity index (χ0) is 38.7. The largest absolute Gasteiger partial charge is 0.332 e. The average molecular weight is 731 g/mol. The van der Waals surface area contributed by atoms with Crippen molar-refractivity contribution in [3.63, 3.8) is 0 Å². The maximum atomic E-state index is 12.5. The molecule has 0 aliphatic carbocycles. The number of fused-ring (bicyclic) bond motifs is 2. The lowest BCUT2D eigenvalue weighted by molar-refractivity contribution is -0.117. The maximum absolute atomic E-state index is 12.5. The summed E-state index contributed by atoms with van der Waals surface area (Å²) in [5, 5.41) is 5.60. The van der Waals surface area contributed by atoms with Gasteiger partial charge in [0.05, 0.1) is 12.7 Å². The topological polar surface area (TPSA) is 182 Å². The van der Waals surface area contributed by atoms with Crippen LogP contribution in [0, 0.1) is 6.92 Å². The Bertz CT molecular complexity index is 2750. The number of benzene rings is 3. The molecule has 0 atom stereocenters. The molecule has 4 heterocycles. The van der Waals surface area contributed by atoms with E-state index < -0.39 is 22.5 Å². The van der Waals surface area contributed by atoms with Gasteiger partial charge in [0.15, 0.2) is 22.3 Å². The molecule has 0 fully saturated rings. The summed E-state index contributed by atoms with van der Waals surface area (Å²) in [7, 11) is 5.87. The molecular formula is C38H38N10O6. The normalized spacial score (nSPS) is 11.0. The highest BCUT2D eigenvalue weighted by Crippen LogP contribution is 2.15. The quantitative estimate of drug-likeness (QED) is 0.238. The third-order valence-electron chi connectivity index (χ3n) is 8.89. The van der Waals surface area contributed by atoms with Crippen molar-refractivity contribution in [3.8, 4) is 0 Å². The van der Waals surface area contributed by atoms with Gasteiger partial charge in [-0.3, -0.25) is 37.4 Å². The Morgan fingerprint density at radius 3 is 1.41 bits per heavy atom. The van der Waals surface area contributed by atoms with Crippen LogP contribution < -0.4 is 33.1 Å². The van der Waals surface area contributed by atoms with Gasteiger partial charge in [0.2, 0.25) is 11.8 Å². The van der Waals surface area contributed by atoms with E-state index in [0.29, 0.717) is 11.4 Å². The minimum Gasteiger partial charge on any atom is -0.325 e. The first-order valence-electron chi connectivity index (χ1n) is 16.8. The molecule has 0 saturated heterocycles. The van der Waals surface area contributed by atoms with Crippen molar-refractivity contribution in [1.82, 2.24) is 37.4 Å². The van der Waals surface area contributed by atoms with E-state index in [-0.39, 0.29) is 47.2 Å². The van der Waals surface area contributed by atoms with Gasteiger partial charge in [-0.1, -0.05) is 60.2 Å². The van der Waals surface area contributed by atoms with Crippen LogP contribution in [0.2, 0.25) is 0 Å². The van der Waals surface area contributed by atoms with E-state index in [2.05, 4.69) is 32.7 Å². The molecule has 276 valence electrons. The molecule has 16 heteroatoms. The molecule has 7 aromatic rings. The van der Waals surface area contributed by atoms with E-state index in [1.54, 1.807) is 7.05 Å². The number of nitrogens with one attached hydrogen (secondary N) is 2. The Balaban J connectivity index is 0.000000189. The molecule has 2 N–H and O–H groups in total. The summed E-state index contributed by atoms with van der Waals surface area (Å²) >= 11 is 0. The van der Waals surface area contributed by atoms with Gasteiger partial charge in [0.1, 0.15) is 13.1 Å². The lowest BCUT2D eigenvalue weighted by atomic mass is 10.0. The molecule has 0 unspecified atom stereocenters. The van der Waals surface area contributed by atoms with E-state index in [1.807, 2.05) is 73.7 Å². The molecule has 54 heavy (non-hydrogen) atoms. The van der Waals surface area contributed by atoms with Crippen molar-refractivity contribution in [2.45, 2.75) is 26.4 Å². The van der Waals surface area contributed by atoms with Gasteiger partial charge in [0, 0.05) is 39.6 Å². The van der Waals surface area contributed by atoms with E-state index in [4.69, 9.17) is 0 Å². The van der Waals surface area contributed by atoms with Gasteiger partial charge in [-0.2, -0.15) is 0 Å². The van der Waals surface area contributed by atoms with Gasteiger partial charge >= 0.3 is 11.4 Å². The summed E-state index contributed by atoms with van der Waals surface area (Å²) in [6, 6.07) is 25.2. The molecule has 0 saturated carbocycles. The zero-order valence-corrected chi connectivity index (χ0v) is 30.3. The fourth-order valence-corrected chi connectivity index (χ4v) is 5.92. The van der Waals surface area contributed by atoms with Crippen LogP contribution in [0.5, 0.6) is 0 Å². The van der Waals surface area contributed by atoms with Crippen LogP contribution in [0.1, 0.15) is 16.7 Å². The van der Waals surface area contributed by atoms with E-state index in [9.17, 15) is 28.8 Å². The molecule has 0 radical (unpaired) electrons. The summed E-state index contributed by atoms with van der Waals surface area (Å²) in [5.41, 5.74) is 3.87. The molecule has 4 aromatic heterocycles. The highest BCUT2D eigenvalue weighted by Gasteiger charge is 2.17. The molecule has 3 aromatic carbocycles. The van der Waals surface area contributed by atoms with Crippen LogP contribution >= 0.6 is 0 Å². The SMILES string of the molecule is Cc1ccc(NC(=O)Cn2cnc3c2c(=O)n(C)c(=O)n3C)cc1.Cn1c(=O)c2c(ncn2CC(=O)Nc2ccc(Cc3ccccc3)cc2)n(C)c1=O. The Kier molecular flexibility index (Phi) is 10.4. The van der Waals surface area contributed by atoms with Gasteiger partial charge in [0.25, 0.3) is 11.1 Å². The lowest BCUT2D eigenvalue weighted by Gasteiger charge is -2.09. The zero-order valence-electron chi connectivity index (χ0n) is 30.3. The summed E-state index contributed by atoms with van der Waals surface area (Å²) < 4.78 is 7.47. The number of rotatable bonds is 8. The average Bonchev–Trinajstić information content (AvgIpc) is 3.78. The third-order valence-corrected chi connectivity index (χ3v) is 8.89. The third kappa shape index (κ3) is 7.57. The van der Waals surface area contributed by atoms with Gasteiger partial charge in [-0.05, 0) is 48.7 Å². The van der Waals surface area contributed by atoms with Crippen molar-refractivity contribution in [2.24, 2.45) is 28.2 Å². The summed E-state index contributed by atoms with van der Waals surface area (Å²) in [4.78, 5) is 81.6. The highest BCUT2D eigenvalue weighted by atomic mass is 16.2. The number of hydrogen-bond donors (Lipinski definition) is 2. The van der Waals surface area contributed by atoms with Crippen LogP contribution in [-0.4, -0.2) is 49.2 Å². The fourth-order valence-electron chi connectivity index (χ4n) is 5.92. The van der Waals surface area contributed by atoms with Gasteiger partial charge in [-0.25, -0.2) is 19.6 Å². The maximum Gasteiger partial charge on any atom is 0.332 e. The summed E-state index contributed by atoms with van der Waals surface area (Å²) in [5.74, 6) is -0.574. The number of hydrogen-bond acceptors (Lipinski definition) is 8. The first-order chi connectivity index (χ1) is 25.8. The van der Waals surface area contributed by atoms with Crippen LogP contribution in [0.25, 0.3) is 22.3 Å². The molecule has 0 aliphatic heterocycles.